The fourth-order valence-electron chi connectivity index (χ4n) is 8.77. The number of esters is 1. The number of nitrogens with one attached hydrogen (secondary N) is 1. The van der Waals surface area contributed by atoms with Crippen LogP contribution in [0, 0.1) is 0 Å². The Hall–Kier alpha value is -1.60. The molecule has 1 heterocycles. The highest BCUT2D eigenvalue weighted by Crippen LogP contribution is 2.26. The van der Waals surface area contributed by atoms with Gasteiger partial charge in [-0.05, 0) is 25.7 Å². The molecule has 0 aromatic carbocycles. The molecule has 65 heavy (non-hydrogen) atoms. The molecule has 0 bridgehead atoms. The smallest absolute Gasteiger partial charge is 0.306 e. The van der Waals surface area contributed by atoms with Gasteiger partial charge in [0, 0.05) is 6.42 Å². The maximum Gasteiger partial charge on any atom is 0.306 e. The number of hydrogen-bond acceptors (Lipinski definition) is 10. The minimum atomic E-state index is -1.60. The van der Waals surface area contributed by atoms with Gasteiger partial charge < -0.3 is 45.1 Å². The second kappa shape index (κ2) is 43.7. The zero-order valence-corrected chi connectivity index (χ0v) is 42.1. The van der Waals surface area contributed by atoms with Gasteiger partial charge in [-0.3, -0.25) is 9.59 Å². The van der Waals surface area contributed by atoms with Crippen molar-refractivity contribution in [1.29, 1.82) is 0 Å². The van der Waals surface area contributed by atoms with Crippen molar-refractivity contribution in [2.75, 3.05) is 13.2 Å². The van der Waals surface area contributed by atoms with Crippen LogP contribution >= 0.6 is 0 Å². The summed E-state index contributed by atoms with van der Waals surface area (Å²) in [7, 11) is 0. The zero-order valence-electron chi connectivity index (χ0n) is 42.1. The van der Waals surface area contributed by atoms with Crippen LogP contribution in [0.1, 0.15) is 258 Å². The lowest BCUT2D eigenvalue weighted by molar-refractivity contribution is -0.305. The van der Waals surface area contributed by atoms with Gasteiger partial charge in [0.1, 0.15) is 24.4 Å². The maximum atomic E-state index is 13.3. The molecular weight excluding hydrogens is 823 g/mol. The molecule has 0 spiro atoms. The second-order valence-corrected chi connectivity index (χ2v) is 19.3. The molecule has 1 aliphatic heterocycles. The van der Waals surface area contributed by atoms with Crippen LogP contribution in [-0.4, -0.2) is 99.6 Å². The highest BCUT2D eigenvalue weighted by atomic mass is 16.7. The molecule has 1 aliphatic rings. The number of carbonyl (C=O) groups is 2. The Balaban J connectivity index is 2.76. The molecule has 11 heteroatoms. The van der Waals surface area contributed by atoms with Crippen molar-refractivity contribution in [2.24, 2.45) is 0 Å². The van der Waals surface area contributed by atoms with Crippen molar-refractivity contribution in [3.8, 4) is 0 Å². The number of hydrogen-bond donors (Lipinski definition) is 6. The molecule has 0 aromatic rings. The van der Waals surface area contributed by atoms with Crippen molar-refractivity contribution in [3.05, 3.63) is 12.2 Å². The van der Waals surface area contributed by atoms with Gasteiger partial charge in [0.15, 0.2) is 12.4 Å². The number of carbonyl (C=O) groups excluding carboxylic acids is 2. The van der Waals surface area contributed by atoms with Gasteiger partial charge in [0.05, 0.1) is 25.4 Å². The number of aliphatic hydroxyl groups is 5. The van der Waals surface area contributed by atoms with Crippen molar-refractivity contribution in [3.63, 3.8) is 0 Å². The minimum absolute atomic E-state index is 0.130. The van der Waals surface area contributed by atoms with E-state index in [-0.39, 0.29) is 13.0 Å². The molecule has 11 nitrogen and oxygen atoms in total. The van der Waals surface area contributed by atoms with Crippen LogP contribution in [-0.2, 0) is 23.8 Å². The van der Waals surface area contributed by atoms with E-state index in [0.29, 0.717) is 19.3 Å². The lowest BCUT2D eigenvalue weighted by Crippen LogP contribution is -2.61. The standard InChI is InChI=1S/C54H103NO10/c1-4-7-10-13-16-19-22-24-26-29-31-34-37-40-46(57)45(55-53(62)47(58)41-38-35-32-28-21-18-15-12-9-6-3)44-63-54-52(51(61)50(60)48(43-56)64-54)65-49(59)42-39-36-33-30-27-25-23-20-17-14-11-8-5-2/h37,40,45-48,50-52,54,56-58,60-61H,4-36,38-39,41-44H2,1-3H3,(H,55,62)/b40-37+. The normalized spacial score (nSPS) is 20.3. The fourth-order valence-corrected chi connectivity index (χ4v) is 8.77. The average Bonchev–Trinajstić information content (AvgIpc) is 3.30. The van der Waals surface area contributed by atoms with E-state index in [4.69, 9.17) is 14.2 Å². The number of unbranched alkanes of at least 4 members (excludes halogenated alkanes) is 32. The molecule has 1 saturated heterocycles. The highest BCUT2D eigenvalue weighted by Gasteiger charge is 2.47. The van der Waals surface area contributed by atoms with Crippen LogP contribution in [0.15, 0.2) is 12.2 Å². The average molecular weight is 926 g/mol. The molecule has 0 saturated carbocycles. The minimum Gasteiger partial charge on any atom is -0.454 e. The summed E-state index contributed by atoms with van der Waals surface area (Å²) in [5.41, 5.74) is 0. The van der Waals surface area contributed by atoms with Crippen LogP contribution in [0.25, 0.3) is 0 Å². The first-order valence-electron chi connectivity index (χ1n) is 27.5. The van der Waals surface area contributed by atoms with E-state index in [1.54, 1.807) is 6.08 Å². The number of amides is 1. The molecule has 6 N–H and O–H groups in total. The number of allylic oxidation sites excluding steroid dienone is 1. The quantitative estimate of drug-likeness (QED) is 0.0196. The summed E-state index contributed by atoms with van der Waals surface area (Å²) in [4.78, 5) is 26.3. The van der Waals surface area contributed by atoms with E-state index in [1.807, 2.05) is 6.08 Å². The molecule has 8 atom stereocenters. The van der Waals surface area contributed by atoms with E-state index in [0.717, 1.165) is 57.8 Å². The van der Waals surface area contributed by atoms with Crippen molar-refractivity contribution >= 4 is 11.9 Å². The van der Waals surface area contributed by atoms with Crippen molar-refractivity contribution < 1.29 is 49.3 Å². The Morgan fingerprint density at radius 2 is 1.00 bits per heavy atom. The molecule has 1 fully saturated rings. The molecule has 8 unspecified atom stereocenters. The van der Waals surface area contributed by atoms with Crippen LogP contribution in [0.3, 0.4) is 0 Å². The Morgan fingerprint density at radius 1 is 0.585 bits per heavy atom. The first-order valence-corrected chi connectivity index (χ1v) is 27.5. The monoisotopic (exact) mass is 926 g/mol. The van der Waals surface area contributed by atoms with E-state index >= 15 is 0 Å². The third kappa shape index (κ3) is 32.7. The van der Waals surface area contributed by atoms with E-state index in [1.165, 1.54) is 154 Å². The van der Waals surface area contributed by atoms with Gasteiger partial charge in [0.25, 0.3) is 0 Å². The van der Waals surface area contributed by atoms with E-state index < -0.39 is 67.4 Å². The Bertz CT molecular complexity index is 1110. The second-order valence-electron chi connectivity index (χ2n) is 19.3. The predicted molar refractivity (Wildman–Crippen MR) is 265 cm³/mol. The van der Waals surface area contributed by atoms with Gasteiger partial charge >= 0.3 is 5.97 Å². The van der Waals surface area contributed by atoms with Crippen LogP contribution in [0.5, 0.6) is 0 Å². The summed E-state index contributed by atoms with van der Waals surface area (Å²) in [6, 6.07) is -1.01. The van der Waals surface area contributed by atoms with Gasteiger partial charge in [-0.25, -0.2) is 0 Å². The summed E-state index contributed by atoms with van der Waals surface area (Å²) in [5, 5.41) is 56.6. The topological polar surface area (TPSA) is 175 Å². The van der Waals surface area contributed by atoms with Gasteiger partial charge in [-0.15, -0.1) is 0 Å². The molecule has 0 aliphatic carbocycles. The van der Waals surface area contributed by atoms with Crippen LogP contribution in [0.2, 0.25) is 0 Å². The molecular formula is C54H103NO10. The van der Waals surface area contributed by atoms with Crippen LogP contribution < -0.4 is 5.32 Å². The van der Waals surface area contributed by atoms with Crippen LogP contribution in [0.4, 0.5) is 0 Å². The maximum absolute atomic E-state index is 13.3. The zero-order chi connectivity index (χ0) is 47.6. The molecule has 1 amide bonds. The first kappa shape index (κ1) is 61.4. The lowest BCUT2D eigenvalue weighted by Gasteiger charge is -2.41. The van der Waals surface area contributed by atoms with Gasteiger partial charge in [0.2, 0.25) is 5.91 Å². The Morgan fingerprint density at radius 3 is 1.45 bits per heavy atom. The summed E-state index contributed by atoms with van der Waals surface area (Å²) < 4.78 is 17.5. The number of aliphatic hydroxyl groups excluding tert-OH is 5. The molecule has 0 radical (unpaired) electrons. The Kier molecular flexibility index (Phi) is 41.3. The van der Waals surface area contributed by atoms with Gasteiger partial charge in [-0.2, -0.15) is 0 Å². The summed E-state index contributed by atoms with van der Waals surface area (Å²) in [6.45, 7) is 5.77. The van der Waals surface area contributed by atoms with E-state index in [9.17, 15) is 35.1 Å². The molecule has 384 valence electrons. The van der Waals surface area contributed by atoms with E-state index in [2.05, 4.69) is 26.1 Å². The molecule has 0 aromatic heterocycles. The third-order valence-corrected chi connectivity index (χ3v) is 13.2. The Labute approximate surface area is 398 Å². The first-order chi connectivity index (χ1) is 31.7. The summed E-state index contributed by atoms with van der Waals surface area (Å²) in [6.07, 6.45) is 35.5. The lowest BCUT2D eigenvalue weighted by atomic mass is 9.99. The van der Waals surface area contributed by atoms with Crippen molar-refractivity contribution in [2.45, 2.75) is 307 Å². The number of rotatable bonds is 46. The van der Waals surface area contributed by atoms with Gasteiger partial charge in [-0.1, -0.05) is 238 Å². The summed E-state index contributed by atoms with van der Waals surface area (Å²) in [5.74, 6) is -1.18. The number of ether oxygens (including phenoxy) is 3. The SMILES string of the molecule is CCCCCCCCCCCCC/C=C/C(O)C(COC1OC(CO)C(O)C(O)C1OC(=O)CCCCCCCCCCCCCCC)NC(=O)C(O)CCCCCCCCCCCC. The molecule has 1 rings (SSSR count). The third-order valence-electron chi connectivity index (χ3n) is 13.2. The fraction of sp³-hybridized carbons (Fsp3) is 0.926. The largest absolute Gasteiger partial charge is 0.454 e. The predicted octanol–water partition coefficient (Wildman–Crippen LogP) is 11.6. The highest BCUT2D eigenvalue weighted by molar-refractivity contribution is 5.80. The van der Waals surface area contributed by atoms with Crippen molar-refractivity contribution in [1.82, 2.24) is 5.32 Å². The summed E-state index contributed by atoms with van der Waals surface area (Å²) >= 11 is 0.